The van der Waals surface area contributed by atoms with E-state index < -0.39 is 6.10 Å². The number of hydrogen-bond acceptors (Lipinski definition) is 2. The molecular formula is C16H21NO. The summed E-state index contributed by atoms with van der Waals surface area (Å²) in [5, 5.41) is 12.4. The van der Waals surface area contributed by atoms with Gasteiger partial charge in [-0.3, -0.25) is 0 Å². The predicted molar refractivity (Wildman–Crippen MR) is 76.5 cm³/mol. The molecule has 0 saturated heterocycles. The topological polar surface area (TPSA) is 46.2 Å². The maximum absolute atomic E-state index is 9.92. The van der Waals surface area contributed by atoms with Crippen LogP contribution in [0.1, 0.15) is 19.4 Å². The number of aliphatic hydroxyl groups excluding tert-OH is 1. The summed E-state index contributed by atoms with van der Waals surface area (Å²) >= 11 is 0. The number of rotatable bonds is 4. The monoisotopic (exact) mass is 243 g/mol. The number of aliphatic hydroxyl groups is 1. The smallest absolute Gasteiger partial charge is 0.0580 e. The normalized spacial score (nSPS) is 16.4. The maximum atomic E-state index is 9.92. The molecule has 0 bridgehead atoms. The molecular weight excluding hydrogens is 222 g/mol. The molecule has 2 atom stereocenters. The van der Waals surface area contributed by atoms with E-state index in [9.17, 15) is 5.11 Å². The molecule has 0 radical (unpaired) electrons. The molecule has 2 heteroatoms. The second kappa shape index (κ2) is 5.09. The van der Waals surface area contributed by atoms with Crippen molar-refractivity contribution in [3.05, 3.63) is 48.0 Å². The molecule has 2 aromatic carbocycles. The van der Waals surface area contributed by atoms with Gasteiger partial charge >= 0.3 is 0 Å². The van der Waals surface area contributed by atoms with Crippen LogP contribution in [-0.2, 0) is 6.42 Å². The Balaban J connectivity index is 2.43. The molecule has 2 nitrogen and oxygen atoms in total. The van der Waals surface area contributed by atoms with Crippen LogP contribution in [0, 0.1) is 5.41 Å². The van der Waals surface area contributed by atoms with Gasteiger partial charge in [0.15, 0.2) is 0 Å². The van der Waals surface area contributed by atoms with Crippen LogP contribution in [-0.4, -0.2) is 17.8 Å². The number of hydrogen-bond donors (Lipinski definition) is 2. The minimum absolute atomic E-state index is 0.274. The highest BCUT2D eigenvalue weighted by Gasteiger charge is 2.29. The zero-order valence-electron chi connectivity index (χ0n) is 11.1. The van der Waals surface area contributed by atoms with E-state index in [2.05, 4.69) is 30.3 Å². The Bertz CT molecular complexity index is 530. The molecule has 0 aliphatic rings. The average molecular weight is 243 g/mol. The van der Waals surface area contributed by atoms with Crippen LogP contribution in [0.15, 0.2) is 42.5 Å². The van der Waals surface area contributed by atoms with Gasteiger partial charge < -0.3 is 10.8 Å². The zero-order valence-corrected chi connectivity index (χ0v) is 11.1. The van der Waals surface area contributed by atoms with Gasteiger partial charge in [-0.15, -0.1) is 0 Å². The summed E-state index contributed by atoms with van der Waals surface area (Å²) in [6.07, 6.45) is 0.379. The minimum Gasteiger partial charge on any atom is -0.393 e. The zero-order chi connectivity index (χ0) is 13.2. The Morgan fingerprint density at radius 3 is 2.50 bits per heavy atom. The van der Waals surface area contributed by atoms with Crippen LogP contribution >= 0.6 is 0 Å². The summed E-state index contributed by atoms with van der Waals surface area (Å²) in [4.78, 5) is 0. The van der Waals surface area contributed by atoms with Crippen LogP contribution in [0.4, 0.5) is 0 Å². The molecule has 0 amide bonds. The van der Waals surface area contributed by atoms with Gasteiger partial charge in [0.1, 0.15) is 0 Å². The van der Waals surface area contributed by atoms with Crippen molar-refractivity contribution >= 4 is 10.8 Å². The van der Waals surface area contributed by atoms with Crippen molar-refractivity contribution in [2.24, 2.45) is 11.1 Å². The first-order valence-corrected chi connectivity index (χ1v) is 6.41. The molecule has 0 heterocycles. The first-order chi connectivity index (χ1) is 8.57. The number of fused-ring (bicyclic) bond motifs is 1. The van der Waals surface area contributed by atoms with Gasteiger partial charge in [-0.1, -0.05) is 49.4 Å². The highest BCUT2D eigenvalue weighted by molar-refractivity contribution is 5.85. The van der Waals surface area contributed by atoms with Crippen molar-refractivity contribution in [3.8, 4) is 0 Å². The van der Waals surface area contributed by atoms with Gasteiger partial charge in [-0.2, -0.15) is 0 Å². The van der Waals surface area contributed by atoms with E-state index in [0.717, 1.165) is 6.42 Å². The van der Waals surface area contributed by atoms with Gasteiger partial charge in [-0.25, -0.2) is 0 Å². The van der Waals surface area contributed by atoms with Crippen LogP contribution in [0.2, 0.25) is 0 Å². The molecule has 0 aromatic heterocycles. The molecule has 3 N–H and O–H groups in total. The summed E-state index contributed by atoms with van der Waals surface area (Å²) in [7, 11) is 0. The van der Waals surface area contributed by atoms with Crippen molar-refractivity contribution in [1.82, 2.24) is 0 Å². The van der Waals surface area contributed by atoms with E-state index in [1.807, 2.05) is 26.0 Å². The summed E-state index contributed by atoms with van der Waals surface area (Å²) in [6.45, 7) is 4.34. The lowest BCUT2D eigenvalue weighted by atomic mass is 9.78. The summed E-state index contributed by atoms with van der Waals surface area (Å²) in [5.74, 6) is 0. The second-order valence-electron chi connectivity index (χ2n) is 5.35. The van der Waals surface area contributed by atoms with Crippen molar-refractivity contribution < 1.29 is 5.11 Å². The lowest BCUT2D eigenvalue weighted by Crippen LogP contribution is -2.39. The molecule has 2 unspecified atom stereocenters. The Morgan fingerprint density at radius 1 is 1.17 bits per heavy atom. The minimum atomic E-state index is -0.415. The van der Waals surface area contributed by atoms with Gasteiger partial charge in [-0.05, 0) is 29.7 Å². The molecule has 2 rings (SSSR count). The van der Waals surface area contributed by atoms with E-state index in [1.54, 1.807) is 0 Å². The van der Waals surface area contributed by atoms with Crippen molar-refractivity contribution in [1.29, 1.82) is 0 Å². The van der Waals surface area contributed by atoms with E-state index in [1.165, 1.54) is 16.3 Å². The Morgan fingerprint density at radius 2 is 1.83 bits per heavy atom. The Hall–Kier alpha value is -1.38. The fourth-order valence-electron chi connectivity index (χ4n) is 2.27. The first-order valence-electron chi connectivity index (χ1n) is 6.41. The van der Waals surface area contributed by atoms with Crippen molar-refractivity contribution in [2.45, 2.75) is 26.4 Å². The molecule has 0 aliphatic carbocycles. The summed E-state index contributed by atoms with van der Waals surface area (Å²) < 4.78 is 0. The molecule has 0 aliphatic heterocycles. The molecule has 0 saturated carbocycles. The number of nitrogens with two attached hydrogens (primary N) is 1. The fourth-order valence-corrected chi connectivity index (χ4v) is 2.27. The number of benzene rings is 2. The van der Waals surface area contributed by atoms with E-state index >= 15 is 0 Å². The third-order valence-electron chi connectivity index (χ3n) is 3.95. The molecule has 96 valence electrons. The Kier molecular flexibility index (Phi) is 3.69. The van der Waals surface area contributed by atoms with Gasteiger partial charge in [0.2, 0.25) is 0 Å². The van der Waals surface area contributed by atoms with Gasteiger partial charge in [0.05, 0.1) is 6.10 Å². The fraction of sp³-hybridized carbons (Fsp3) is 0.375. The highest BCUT2D eigenvalue weighted by Crippen LogP contribution is 2.29. The lowest BCUT2D eigenvalue weighted by molar-refractivity contribution is 0.0591. The van der Waals surface area contributed by atoms with Crippen molar-refractivity contribution in [3.63, 3.8) is 0 Å². The average Bonchev–Trinajstić information content (AvgIpc) is 2.39. The molecule has 2 aromatic rings. The van der Waals surface area contributed by atoms with E-state index in [-0.39, 0.29) is 5.41 Å². The molecule has 18 heavy (non-hydrogen) atoms. The van der Waals surface area contributed by atoms with E-state index in [0.29, 0.717) is 6.54 Å². The highest BCUT2D eigenvalue weighted by atomic mass is 16.3. The summed E-state index contributed by atoms with van der Waals surface area (Å²) in [6, 6.07) is 14.6. The molecule has 0 spiro atoms. The van der Waals surface area contributed by atoms with Crippen LogP contribution < -0.4 is 5.73 Å². The third-order valence-corrected chi connectivity index (χ3v) is 3.95. The lowest BCUT2D eigenvalue weighted by Gasteiger charge is -2.31. The molecule has 0 fully saturated rings. The Labute approximate surface area is 108 Å². The van der Waals surface area contributed by atoms with Gasteiger partial charge in [0.25, 0.3) is 0 Å². The predicted octanol–water partition coefficient (Wildman–Crippen LogP) is 2.73. The third kappa shape index (κ3) is 2.40. The SMILES string of the molecule is CC(O)C(C)(CN)Cc1cccc2ccccc12. The quantitative estimate of drug-likeness (QED) is 0.867. The van der Waals surface area contributed by atoms with Gasteiger partial charge in [0, 0.05) is 12.0 Å². The standard InChI is InChI=1S/C16H21NO/c1-12(18)16(2,11-17)10-14-8-5-7-13-6-3-4-9-15(13)14/h3-9,12,18H,10-11,17H2,1-2H3. The largest absolute Gasteiger partial charge is 0.393 e. The van der Waals surface area contributed by atoms with Crippen LogP contribution in [0.25, 0.3) is 10.8 Å². The summed E-state index contributed by atoms with van der Waals surface area (Å²) in [5.41, 5.74) is 6.82. The first kappa shape index (κ1) is 13.1. The van der Waals surface area contributed by atoms with Crippen molar-refractivity contribution in [2.75, 3.05) is 6.54 Å². The second-order valence-corrected chi connectivity index (χ2v) is 5.35. The van der Waals surface area contributed by atoms with Crippen LogP contribution in [0.5, 0.6) is 0 Å². The van der Waals surface area contributed by atoms with E-state index in [4.69, 9.17) is 5.73 Å². The van der Waals surface area contributed by atoms with Crippen LogP contribution in [0.3, 0.4) is 0 Å². The maximum Gasteiger partial charge on any atom is 0.0580 e.